The number of amides is 1. The van der Waals surface area contributed by atoms with E-state index in [4.69, 9.17) is 0 Å². The van der Waals surface area contributed by atoms with E-state index in [1.54, 1.807) is 55.5 Å². The van der Waals surface area contributed by atoms with Crippen LogP contribution >= 0.6 is 0 Å². The summed E-state index contributed by atoms with van der Waals surface area (Å²) in [6.07, 6.45) is 0. The number of hydrogen-bond acceptors (Lipinski definition) is 5. The van der Waals surface area contributed by atoms with Gasteiger partial charge in [-0.25, -0.2) is 16.8 Å². The number of para-hydroxylation sites is 2. The first-order valence-corrected chi connectivity index (χ1v) is 14.3. The lowest BCUT2D eigenvalue weighted by Gasteiger charge is -2.31. The highest BCUT2D eigenvalue weighted by Crippen LogP contribution is 2.42. The first kappa shape index (κ1) is 24.5. The Bertz CT molecular complexity index is 1720. The van der Waals surface area contributed by atoms with Gasteiger partial charge in [0.25, 0.3) is 20.0 Å². The third-order valence-corrected chi connectivity index (χ3v) is 9.24. The minimum atomic E-state index is -3.96. The van der Waals surface area contributed by atoms with Crippen LogP contribution in [0, 0.1) is 6.92 Å². The molecule has 1 heterocycles. The number of sulfonamides is 2. The molecule has 0 unspecified atom stereocenters. The first-order chi connectivity index (χ1) is 17.7. The van der Waals surface area contributed by atoms with Gasteiger partial charge in [0.1, 0.15) is 6.54 Å². The van der Waals surface area contributed by atoms with Gasteiger partial charge in [0.15, 0.2) is 0 Å². The van der Waals surface area contributed by atoms with Crippen LogP contribution in [0.1, 0.15) is 5.56 Å². The van der Waals surface area contributed by atoms with Gasteiger partial charge < -0.3 is 5.32 Å². The van der Waals surface area contributed by atoms with E-state index in [0.29, 0.717) is 22.6 Å². The minimum Gasteiger partial charge on any atom is -0.325 e. The summed E-state index contributed by atoms with van der Waals surface area (Å²) < 4.78 is 55.9. The van der Waals surface area contributed by atoms with Gasteiger partial charge in [-0.15, -0.1) is 0 Å². The standard InChI is InChI=1S/C27H23N3O5S2/c1-19-8-2-5-11-24(19)29-36(32,33)21-16-14-20(15-17-21)28-27(31)18-30-25-12-6-3-9-22(25)23-10-4-7-13-26(23)37(30,34)35/h2-17,29H,18H2,1H3,(H,28,31). The van der Waals surface area contributed by atoms with Crippen LogP contribution in [0.2, 0.25) is 0 Å². The Balaban J connectivity index is 1.34. The zero-order valence-corrected chi connectivity index (χ0v) is 21.4. The Kier molecular flexibility index (Phi) is 6.22. The molecule has 37 heavy (non-hydrogen) atoms. The van der Waals surface area contributed by atoms with Crippen molar-refractivity contribution in [2.75, 3.05) is 20.9 Å². The van der Waals surface area contributed by atoms with Crippen LogP contribution in [0.25, 0.3) is 11.1 Å². The third kappa shape index (κ3) is 4.68. The van der Waals surface area contributed by atoms with E-state index in [-0.39, 0.29) is 9.79 Å². The molecule has 1 amide bonds. The summed E-state index contributed by atoms with van der Waals surface area (Å²) in [5.41, 5.74) is 3.32. The number of benzene rings is 4. The molecular formula is C27H23N3O5S2. The third-order valence-electron chi connectivity index (χ3n) is 6.04. The SMILES string of the molecule is Cc1ccccc1NS(=O)(=O)c1ccc(NC(=O)CN2c3ccccc3-c3ccccc3S2(=O)=O)cc1. The fourth-order valence-corrected chi connectivity index (χ4v) is 6.97. The molecule has 10 heteroatoms. The van der Waals surface area contributed by atoms with Gasteiger partial charge in [0.2, 0.25) is 5.91 Å². The molecule has 0 atom stereocenters. The van der Waals surface area contributed by atoms with E-state index >= 15 is 0 Å². The van der Waals surface area contributed by atoms with Crippen molar-refractivity contribution in [1.29, 1.82) is 0 Å². The molecule has 2 N–H and O–H groups in total. The fourth-order valence-electron chi connectivity index (χ4n) is 4.19. The van der Waals surface area contributed by atoms with E-state index < -0.39 is 32.5 Å². The highest BCUT2D eigenvalue weighted by Gasteiger charge is 2.35. The molecule has 4 aromatic rings. The molecule has 1 aliphatic heterocycles. The second kappa shape index (κ2) is 9.38. The van der Waals surface area contributed by atoms with Crippen LogP contribution in [0.4, 0.5) is 17.1 Å². The van der Waals surface area contributed by atoms with E-state index in [1.165, 1.54) is 30.3 Å². The number of nitrogens with zero attached hydrogens (tertiary/aromatic N) is 1. The Morgan fingerprint density at radius 1 is 0.811 bits per heavy atom. The zero-order valence-electron chi connectivity index (χ0n) is 19.7. The van der Waals surface area contributed by atoms with Crippen LogP contribution in [-0.4, -0.2) is 29.3 Å². The van der Waals surface area contributed by atoms with Crippen LogP contribution < -0.4 is 14.3 Å². The Labute approximate surface area is 215 Å². The van der Waals surface area contributed by atoms with Crippen molar-refractivity contribution in [2.45, 2.75) is 16.7 Å². The quantitative estimate of drug-likeness (QED) is 0.376. The molecule has 0 fully saturated rings. The molecule has 1 aliphatic rings. The minimum absolute atomic E-state index is 0.0258. The van der Waals surface area contributed by atoms with E-state index in [9.17, 15) is 21.6 Å². The average Bonchev–Trinajstić information content (AvgIpc) is 2.88. The summed E-state index contributed by atoms with van der Waals surface area (Å²) >= 11 is 0. The van der Waals surface area contributed by atoms with E-state index in [1.807, 2.05) is 18.2 Å². The summed E-state index contributed by atoms with van der Waals surface area (Å²) in [6.45, 7) is 1.36. The average molecular weight is 534 g/mol. The summed E-state index contributed by atoms with van der Waals surface area (Å²) in [5, 5.41) is 2.66. The van der Waals surface area contributed by atoms with Gasteiger partial charge in [-0.1, -0.05) is 54.6 Å². The van der Waals surface area contributed by atoms with Gasteiger partial charge in [-0.2, -0.15) is 0 Å². The molecule has 188 valence electrons. The zero-order chi connectivity index (χ0) is 26.2. The molecule has 0 saturated heterocycles. The lowest BCUT2D eigenvalue weighted by molar-refractivity contribution is -0.114. The number of carbonyl (C=O) groups is 1. The number of nitrogens with one attached hydrogen (secondary N) is 2. The van der Waals surface area contributed by atoms with Gasteiger partial charge in [0, 0.05) is 16.8 Å². The van der Waals surface area contributed by atoms with Crippen molar-refractivity contribution in [3.8, 4) is 11.1 Å². The molecule has 0 bridgehead atoms. The summed E-state index contributed by atoms with van der Waals surface area (Å²) in [4.78, 5) is 13.1. The maximum Gasteiger partial charge on any atom is 0.265 e. The molecule has 4 aromatic carbocycles. The van der Waals surface area contributed by atoms with Crippen molar-refractivity contribution >= 4 is 43.0 Å². The van der Waals surface area contributed by atoms with Crippen molar-refractivity contribution in [3.63, 3.8) is 0 Å². The lowest BCUT2D eigenvalue weighted by atomic mass is 10.0. The number of carbonyl (C=O) groups excluding carboxylic acids is 1. The smallest absolute Gasteiger partial charge is 0.265 e. The predicted octanol–water partition coefficient (Wildman–Crippen LogP) is 4.61. The monoisotopic (exact) mass is 533 g/mol. The highest BCUT2D eigenvalue weighted by atomic mass is 32.2. The van der Waals surface area contributed by atoms with E-state index in [0.717, 1.165) is 15.4 Å². The van der Waals surface area contributed by atoms with Crippen LogP contribution in [0.3, 0.4) is 0 Å². The molecule has 0 aromatic heterocycles. The van der Waals surface area contributed by atoms with Crippen molar-refractivity contribution in [1.82, 2.24) is 0 Å². The number of rotatable bonds is 6. The molecule has 0 aliphatic carbocycles. The largest absolute Gasteiger partial charge is 0.325 e. The molecule has 0 spiro atoms. The van der Waals surface area contributed by atoms with E-state index in [2.05, 4.69) is 10.0 Å². The van der Waals surface area contributed by atoms with Crippen molar-refractivity contribution < 1.29 is 21.6 Å². The molecule has 8 nitrogen and oxygen atoms in total. The predicted molar refractivity (Wildman–Crippen MR) is 143 cm³/mol. The number of anilines is 3. The molecule has 5 rings (SSSR count). The van der Waals surface area contributed by atoms with Crippen LogP contribution in [0.5, 0.6) is 0 Å². The summed E-state index contributed by atoms with van der Waals surface area (Å²) in [7, 11) is -7.79. The molecule has 0 saturated carbocycles. The van der Waals surface area contributed by atoms with Gasteiger partial charge in [0.05, 0.1) is 21.2 Å². The lowest BCUT2D eigenvalue weighted by Crippen LogP contribution is -2.40. The normalized spacial score (nSPS) is 13.8. The number of aryl methyl sites for hydroxylation is 1. The van der Waals surface area contributed by atoms with Crippen LogP contribution in [-0.2, 0) is 24.8 Å². The summed E-state index contributed by atoms with van der Waals surface area (Å²) in [6, 6.07) is 26.4. The Morgan fingerprint density at radius 3 is 2.16 bits per heavy atom. The van der Waals surface area contributed by atoms with Gasteiger partial charge in [-0.05, 0) is 55.0 Å². The van der Waals surface area contributed by atoms with Gasteiger partial charge >= 0.3 is 0 Å². The molecule has 0 radical (unpaired) electrons. The Hall–Kier alpha value is -4.15. The first-order valence-electron chi connectivity index (χ1n) is 11.4. The van der Waals surface area contributed by atoms with Crippen molar-refractivity contribution in [3.05, 3.63) is 103 Å². The molecular weight excluding hydrogens is 510 g/mol. The number of fused-ring (bicyclic) bond motifs is 3. The van der Waals surface area contributed by atoms with Crippen molar-refractivity contribution in [2.24, 2.45) is 0 Å². The maximum absolute atomic E-state index is 13.4. The fraction of sp³-hybridized carbons (Fsp3) is 0.0741. The number of hydrogen-bond donors (Lipinski definition) is 2. The van der Waals surface area contributed by atoms with Gasteiger partial charge in [-0.3, -0.25) is 13.8 Å². The van der Waals surface area contributed by atoms with Crippen LogP contribution in [0.15, 0.2) is 107 Å². The highest BCUT2D eigenvalue weighted by molar-refractivity contribution is 7.93. The second-order valence-corrected chi connectivity index (χ2v) is 12.0. The topological polar surface area (TPSA) is 113 Å². The maximum atomic E-state index is 13.4. The summed E-state index contributed by atoms with van der Waals surface area (Å²) in [5.74, 6) is -0.564. The second-order valence-electron chi connectivity index (χ2n) is 8.52. The Morgan fingerprint density at radius 2 is 1.43 bits per heavy atom.